The van der Waals surface area contributed by atoms with E-state index in [1.165, 1.54) is 5.56 Å². The summed E-state index contributed by atoms with van der Waals surface area (Å²) < 4.78 is 6.32. The molecular formula is C25H25N3O2S2. The number of amides is 1. The van der Waals surface area contributed by atoms with Crippen molar-refractivity contribution >= 4 is 44.4 Å². The second-order valence-corrected chi connectivity index (χ2v) is 9.41. The summed E-state index contributed by atoms with van der Waals surface area (Å²) in [6.07, 6.45) is 4.88. The molecule has 5 nitrogen and oxygen atoms in total. The predicted molar refractivity (Wildman–Crippen MR) is 133 cm³/mol. The van der Waals surface area contributed by atoms with Crippen molar-refractivity contribution in [3.8, 4) is 5.75 Å². The third-order valence-electron chi connectivity index (χ3n) is 5.11. The number of para-hydroxylation sites is 1. The van der Waals surface area contributed by atoms with Crippen LogP contribution in [0.5, 0.6) is 5.75 Å². The zero-order chi connectivity index (χ0) is 22.3. The second-order valence-electron chi connectivity index (χ2n) is 7.23. The van der Waals surface area contributed by atoms with Gasteiger partial charge in [0.25, 0.3) is 0 Å². The lowest BCUT2D eigenvalue weighted by Crippen LogP contribution is -2.30. The molecule has 0 saturated heterocycles. The Morgan fingerprint density at radius 3 is 2.69 bits per heavy atom. The van der Waals surface area contributed by atoms with Crippen LogP contribution in [0.3, 0.4) is 0 Å². The topological polar surface area (TPSA) is 55.3 Å². The Labute approximate surface area is 196 Å². The summed E-state index contributed by atoms with van der Waals surface area (Å²) in [4.78, 5) is 25.3. The molecule has 2 aromatic carbocycles. The molecule has 0 radical (unpaired) electrons. The molecule has 2 aromatic heterocycles. The number of carbonyl (C=O) groups is 1. The first-order chi connectivity index (χ1) is 15.7. The Morgan fingerprint density at radius 2 is 1.97 bits per heavy atom. The van der Waals surface area contributed by atoms with Crippen LogP contribution in [0.2, 0.25) is 0 Å². The molecule has 0 aliphatic carbocycles. The van der Waals surface area contributed by atoms with Crippen molar-refractivity contribution in [2.24, 2.45) is 0 Å². The summed E-state index contributed by atoms with van der Waals surface area (Å²) in [5.41, 5.74) is 3.18. The maximum absolute atomic E-state index is 13.3. The van der Waals surface area contributed by atoms with Crippen molar-refractivity contribution in [3.63, 3.8) is 0 Å². The van der Waals surface area contributed by atoms with Gasteiger partial charge in [-0.2, -0.15) is 0 Å². The number of benzene rings is 2. The Kier molecular flexibility index (Phi) is 7.39. The predicted octanol–water partition coefficient (Wildman–Crippen LogP) is 5.98. The van der Waals surface area contributed by atoms with Crippen molar-refractivity contribution in [1.29, 1.82) is 0 Å². The molecule has 0 aliphatic heterocycles. The lowest BCUT2D eigenvalue weighted by Gasteiger charge is -2.20. The molecule has 0 N–H and O–H groups in total. The zero-order valence-electron chi connectivity index (χ0n) is 18.2. The van der Waals surface area contributed by atoms with Gasteiger partial charge in [0.1, 0.15) is 5.75 Å². The SMILES string of the molecule is CCc1cccc2sc(N(Cc3cccnc3)C(=O)CCSc3ccc(OC)cc3)nc12. The number of aromatic nitrogens is 2. The van der Waals surface area contributed by atoms with Gasteiger partial charge >= 0.3 is 0 Å². The van der Waals surface area contributed by atoms with Crippen LogP contribution >= 0.6 is 23.1 Å². The van der Waals surface area contributed by atoms with E-state index < -0.39 is 0 Å². The first-order valence-electron chi connectivity index (χ1n) is 10.5. The maximum Gasteiger partial charge on any atom is 0.229 e. The fraction of sp³-hybridized carbons (Fsp3) is 0.240. The van der Waals surface area contributed by atoms with E-state index in [0.29, 0.717) is 18.7 Å². The minimum absolute atomic E-state index is 0.0620. The van der Waals surface area contributed by atoms with Crippen LogP contribution in [0, 0.1) is 0 Å². The molecule has 164 valence electrons. The van der Waals surface area contributed by atoms with Crippen LogP contribution in [0.1, 0.15) is 24.5 Å². The third kappa shape index (κ3) is 5.29. The van der Waals surface area contributed by atoms with Crippen molar-refractivity contribution in [1.82, 2.24) is 9.97 Å². The van der Waals surface area contributed by atoms with Gasteiger partial charge in [0.05, 0.1) is 23.9 Å². The van der Waals surface area contributed by atoms with Crippen molar-refractivity contribution in [3.05, 3.63) is 78.1 Å². The number of pyridine rings is 1. The Balaban J connectivity index is 1.52. The molecule has 0 aliphatic rings. The van der Waals surface area contributed by atoms with Crippen molar-refractivity contribution in [2.75, 3.05) is 17.8 Å². The molecule has 0 unspecified atom stereocenters. The molecule has 0 atom stereocenters. The molecule has 1 amide bonds. The number of thioether (sulfide) groups is 1. The number of aryl methyl sites for hydroxylation is 1. The van der Waals surface area contributed by atoms with E-state index >= 15 is 0 Å². The number of nitrogens with zero attached hydrogens (tertiary/aromatic N) is 3. The molecule has 32 heavy (non-hydrogen) atoms. The van der Waals surface area contributed by atoms with Crippen LogP contribution in [0.15, 0.2) is 71.9 Å². The van der Waals surface area contributed by atoms with Gasteiger partial charge in [0, 0.05) is 29.5 Å². The van der Waals surface area contributed by atoms with Crippen molar-refractivity contribution < 1.29 is 9.53 Å². The molecule has 0 saturated carbocycles. The van der Waals surface area contributed by atoms with E-state index in [-0.39, 0.29) is 5.91 Å². The average molecular weight is 464 g/mol. The average Bonchev–Trinajstić information content (AvgIpc) is 3.27. The lowest BCUT2D eigenvalue weighted by atomic mass is 10.1. The molecule has 0 fully saturated rings. The van der Waals surface area contributed by atoms with E-state index in [1.54, 1.807) is 47.5 Å². The van der Waals surface area contributed by atoms with E-state index in [9.17, 15) is 4.79 Å². The number of carbonyl (C=O) groups excluding carboxylic acids is 1. The summed E-state index contributed by atoms with van der Waals surface area (Å²) in [7, 11) is 1.66. The summed E-state index contributed by atoms with van der Waals surface area (Å²) in [6, 6.07) is 18.0. The number of ether oxygens (including phenoxy) is 1. The summed E-state index contributed by atoms with van der Waals surface area (Å²) in [6.45, 7) is 2.59. The highest BCUT2D eigenvalue weighted by Crippen LogP contribution is 2.32. The van der Waals surface area contributed by atoms with Gasteiger partial charge in [0.2, 0.25) is 5.91 Å². The minimum Gasteiger partial charge on any atom is -0.497 e. The number of hydrogen-bond donors (Lipinski definition) is 0. The molecule has 4 aromatic rings. The first kappa shape index (κ1) is 22.3. The Morgan fingerprint density at radius 1 is 1.12 bits per heavy atom. The van der Waals surface area contributed by atoms with Gasteiger partial charge in [0.15, 0.2) is 5.13 Å². The Hall–Kier alpha value is -2.90. The highest BCUT2D eigenvalue weighted by Gasteiger charge is 2.21. The fourth-order valence-electron chi connectivity index (χ4n) is 3.39. The quantitative estimate of drug-likeness (QED) is 0.286. The highest BCUT2D eigenvalue weighted by atomic mass is 32.2. The first-order valence-corrected chi connectivity index (χ1v) is 12.3. The number of thiazole rings is 1. The lowest BCUT2D eigenvalue weighted by molar-refractivity contribution is -0.118. The molecule has 4 rings (SSSR count). The van der Waals surface area contributed by atoms with Gasteiger partial charge in [-0.15, -0.1) is 11.8 Å². The molecule has 0 bridgehead atoms. The molecule has 2 heterocycles. The summed E-state index contributed by atoms with van der Waals surface area (Å²) >= 11 is 3.23. The monoisotopic (exact) mass is 463 g/mol. The number of hydrogen-bond acceptors (Lipinski definition) is 6. The largest absolute Gasteiger partial charge is 0.497 e. The number of anilines is 1. The van der Waals surface area contributed by atoms with E-state index in [1.807, 2.05) is 36.4 Å². The van der Waals surface area contributed by atoms with E-state index in [0.717, 1.165) is 38.0 Å². The van der Waals surface area contributed by atoms with Crippen molar-refractivity contribution in [2.45, 2.75) is 31.2 Å². The standard InChI is InChI=1S/C25H25N3O2S2/c1-3-19-7-4-8-22-24(19)27-25(32-22)28(17-18-6-5-14-26-16-18)23(29)13-15-31-21-11-9-20(30-2)10-12-21/h4-12,14,16H,3,13,15,17H2,1-2H3. The smallest absolute Gasteiger partial charge is 0.229 e. The van der Waals surface area contributed by atoms with Crippen LogP contribution in [-0.4, -0.2) is 28.7 Å². The summed E-state index contributed by atoms with van der Waals surface area (Å²) in [5.74, 6) is 1.59. The highest BCUT2D eigenvalue weighted by molar-refractivity contribution is 7.99. The third-order valence-corrected chi connectivity index (χ3v) is 7.17. The summed E-state index contributed by atoms with van der Waals surface area (Å²) in [5, 5.41) is 0.740. The molecular weight excluding hydrogens is 438 g/mol. The van der Waals surface area contributed by atoms with Gasteiger partial charge in [-0.05, 0) is 53.9 Å². The van der Waals surface area contributed by atoms with Crippen LogP contribution < -0.4 is 9.64 Å². The Bertz CT molecular complexity index is 1180. The van der Waals surface area contributed by atoms with Crippen LogP contribution in [0.4, 0.5) is 5.13 Å². The van der Waals surface area contributed by atoms with Crippen LogP contribution in [-0.2, 0) is 17.8 Å². The fourth-order valence-corrected chi connectivity index (χ4v) is 5.27. The minimum atomic E-state index is 0.0620. The molecule has 0 spiro atoms. The molecule has 7 heteroatoms. The van der Waals surface area contributed by atoms with E-state index in [4.69, 9.17) is 9.72 Å². The number of rotatable bonds is 9. The number of methoxy groups -OCH3 is 1. The van der Waals surface area contributed by atoms with Gasteiger partial charge in [-0.3, -0.25) is 14.7 Å². The van der Waals surface area contributed by atoms with E-state index in [2.05, 4.69) is 30.1 Å². The van der Waals surface area contributed by atoms with Gasteiger partial charge < -0.3 is 4.74 Å². The zero-order valence-corrected chi connectivity index (χ0v) is 19.8. The normalized spacial score (nSPS) is 10.9. The van der Waals surface area contributed by atoms with Gasteiger partial charge in [-0.1, -0.05) is 36.5 Å². The van der Waals surface area contributed by atoms with Gasteiger partial charge in [-0.25, -0.2) is 4.98 Å². The maximum atomic E-state index is 13.3. The van der Waals surface area contributed by atoms with Crippen LogP contribution in [0.25, 0.3) is 10.2 Å². The second kappa shape index (κ2) is 10.6. The number of fused-ring (bicyclic) bond motifs is 1.